The summed E-state index contributed by atoms with van der Waals surface area (Å²) in [5, 5.41) is 9.30. The monoisotopic (exact) mass is 292 g/mol. The normalized spacial score (nSPS) is 9.81. The van der Waals surface area contributed by atoms with Gasteiger partial charge < -0.3 is 0 Å². The van der Waals surface area contributed by atoms with Crippen LogP contribution in [0.3, 0.4) is 0 Å². The van der Waals surface area contributed by atoms with Crippen molar-refractivity contribution in [1.82, 2.24) is 4.98 Å². The maximum atomic E-state index is 8.85. The molecule has 1 aromatic heterocycles. The van der Waals surface area contributed by atoms with Gasteiger partial charge in [-0.2, -0.15) is 5.26 Å². The van der Waals surface area contributed by atoms with Crippen LogP contribution in [0.15, 0.2) is 41.1 Å². The van der Waals surface area contributed by atoms with Crippen LogP contribution in [0, 0.1) is 11.3 Å². The summed E-state index contributed by atoms with van der Waals surface area (Å²) in [5.41, 5.74) is 2.10. The van der Waals surface area contributed by atoms with E-state index in [-0.39, 0.29) is 0 Å². The fraction of sp³-hybridized carbons (Fsp3) is 0. The van der Waals surface area contributed by atoms with E-state index in [9.17, 15) is 0 Å². The van der Waals surface area contributed by atoms with Crippen LogP contribution in [0.5, 0.6) is 0 Å². The number of nitrogens with zero attached hydrogens (tertiary/aromatic N) is 2. The van der Waals surface area contributed by atoms with Gasteiger partial charge in [0.25, 0.3) is 0 Å². The number of hydrogen-bond donors (Lipinski definition) is 0. The number of rotatable bonds is 1. The molecule has 4 heteroatoms. The van der Waals surface area contributed by atoms with Crippen LogP contribution >= 0.6 is 27.5 Å². The molecule has 1 heterocycles. The minimum Gasteiger partial charge on any atom is -0.263 e. The molecule has 1 aromatic carbocycles. The van der Waals surface area contributed by atoms with Crippen molar-refractivity contribution in [1.29, 1.82) is 5.26 Å². The second-order valence-corrected chi connectivity index (χ2v) is 4.46. The third-order valence-electron chi connectivity index (χ3n) is 2.16. The Morgan fingerprint density at radius 1 is 1.19 bits per heavy atom. The average molecular weight is 294 g/mol. The highest BCUT2D eigenvalue weighted by molar-refractivity contribution is 9.10. The minimum absolute atomic E-state index is 0.391. The van der Waals surface area contributed by atoms with Crippen LogP contribution in [0.4, 0.5) is 0 Å². The Morgan fingerprint density at radius 3 is 2.50 bits per heavy atom. The lowest BCUT2D eigenvalue weighted by Crippen LogP contribution is -1.86. The molecule has 0 unspecified atom stereocenters. The van der Waals surface area contributed by atoms with Gasteiger partial charge in [0.2, 0.25) is 0 Å². The molecule has 0 atom stereocenters. The van der Waals surface area contributed by atoms with E-state index in [1.165, 1.54) is 6.20 Å². The lowest BCUT2D eigenvalue weighted by Gasteiger charge is -2.04. The third kappa shape index (κ3) is 2.08. The lowest BCUT2D eigenvalue weighted by molar-refractivity contribution is 1.30. The molecule has 0 aliphatic carbocycles. The third-order valence-corrected chi connectivity index (χ3v) is 3.09. The fourth-order valence-corrected chi connectivity index (χ4v) is 1.87. The van der Waals surface area contributed by atoms with Crippen molar-refractivity contribution in [2.75, 3.05) is 0 Å². The molecule has 2 nitrogen and oxygen atoms in total. The van der Waals surface area contributed by atoms with Gasteiger partial charge in [0.05, 0.1) is 10.6 Å². The van der Waals surface area contributed by atoms with E-state index in [0.717, 1.165) is 15.6 Å². The van der Waals surface area contributed by atoms with Crippen molar-refractivity contribution < 1.29 is 0 Å². The van der Waals surface area contributed by atoms with Gasteiger partial charge in [-0.1, -0.05) is 39.7 Å². The van der Waals surface area contributed by atoms with Crippen molar-refractivity contribution >= 4 is 27.5 Å². The Kier molecular flexibility index (Phi) is 3.23. The molecule has 2 rings (SSSR count). The molecular formula is C12H6BrClN2. The van der Waals surface area contributed by atoms with Crippen LogP contribution in [-0.4, -0.2) is 4.98 Å². The van der Waals surface area contributed by atoms with E-state index in [1.54, 1.807) is 6.20 Å². The summed E-state index contributed by atoms with van der Waals surface area (Å²) in [6.45, 7) is 0. The maximum Gasteiger partial charge on any atom is 0.102 e. The number of nitriles is 1. The smallest absolute Gasteiger partial charge is 0.102 e. The lowest BCUT2D eigenvalue weighted by atomic mass is 10.1. The molecule has 0 saturated heterocycles. The molecule has 0 amide bonds. The van der Waals surface area contributed by atoms with E-state index >= 15 is 0 Å². The van der Waals surface area contributed by atoms with E-state index in [0.29, 0.717) is 10.6 Å². The summed E-state index contributed by atoms with van der Waals surface area (Å²) in [4.78, 5) is 4.00. The van der Waals surface area contributed by atoms with E-state index in [2.05, 4.69) is 20.9 Å². The fourth-order valence-electron chi connectivity index (χ4n) is 1.35. The molecule has 0 N–H and O–H groups in total. The molecule has 0 saturated carbocycles. The summed E-state index contributed by atoms with van der Waals surface area (Å²) in [7, 11) is 0. The molecule has 0 bridgehead atoms. The molecule has 2 aromatic rings. The maximum absolute atomic E-state index is 8.85. The van der Waals surface area contributed by atoms with Crippen molar-refractivity contribution in [2.45, 2.75) is 0 Å². The predicted octanol–water partition coefficient (Wildman–Crippen LogP) is 4.04. The molecule has 78 valence electrons. The average Bonchev–Trinajstić information content (AvgIpc) is 2.31. The van der Waals surface area contributed by atoms with Crippen LogP contribution < -0.4 is 0 Å². The van der Waals surface area contributed by atoms with Gasteiger partial charge in [-0.25, -0.2) is 0 Å². The Hall–Kier alpha value is -1.37. The van der Waals surface area contributed by atoms with Crippen LogP contribution in [0.2, 0.25) is 5.02 Å². The quantitative estimate of drug-likeness (QED) is 0.796. The number of hydrogen-bond acceptors (Lipinski definition) is 2. The molecule has 0 aliphatic heterocycles. The van der Waals surface area contributed by atoms with Gasteiger partial charge >= 0.3 is 0 Å². The minimum atomic E-state index is 0.391. The molecule has 0 radical (unpaired) electrons. The summed E-state index contributed by atoms with van der Waals surface area (Å²) in [6.07, 6.45) is 3.12. The zero-order valence-corrected chi connectivity index (χ0v) is 10.5. The van der Waals surface area contributed by atoms with Gasteiger partial charge in [-0.05, 0) is 17.7 Å². The summed E-state index contributed by atoms with van der Waals surface area (Å²) >= 11 is 9.47. The number of halogens is 2. The Balaban J connectivity index is 2.57. The van der Waals surface area contributed by atoms with Gasteiger partial charge in [0.1, 0.15) is 6.07 Å². The van der Waals surface area contributed by atoms with Gasteiger partial charge in [-0.15, -0.1) is 0 Å². The topological polar surface area (TPSA) is 36.7 Å². The Morgan fingerprint density at radius 2 is 1.88 bits per heavy atom. The Bertz CT molecular complexity index is 558. The van der Waals surface area contributed by atoms with Crippen LogP contribution in [-0.2, 0) is 0 Å². The molecule has 16 heavy (non-hydrogen) atoms. The zero-order chi connectivity index (χ0) is 11.5. The first kappa shape index (κ1) is 11.1. The van der Waals surface area contributed by atoms with Crippen molar-refractivity contribution in [3.8, 4) is 17.2 Å². The number of aromatic nitrogens is 1. The van der Waals surface area contributed by atoms with Gasteiger partial charge in [-0.3, -0.25) is 4.98 Å². The van der Waals surface area contributed by atoms with Crippen molar-refractivity contribution in [3.05, 3.63) is 51.7 Å². The molecule has 0 aliphatic rings. The summed E-state index contributed by atoms with van der Waals surface area (Å²) in [5.74, 6) is 0. The van der Waals surface area contributed by atoms with Crippen molar-refractivity contribution in [3.63, 3.8) is 0 Å². The van der Waals surface area contributed by atoms with Gasteiger partial charge in [0.15, 0.2) is 0 Å². The van der Waals surface area contributed by atoms with Crippen molar-refractivity contribution in [2.24, 2.45) is 0 Å². The molecule has 0 fully saturated rings. The first-order valence-corrected chi connectivity index (χ1v) is 5.69. The Labute approximate surface area is 107 Å². The first-order valence-electron chi connectivity index (χ1n) is 4.52. The highest BCUT2D eigenvalue weighted by Gasteiger charge is 2.08. The largest absolute Gasteiger partial charge is 0.263 e. The second-order valence-electron chi connectivity index (χ2n) is 3.17. The van der Waals surface area contributed by atoms with Crippen LogP contribution in [0.25, 0.3) is 11.1 Å². The predicted molar refractivity (Wildman–Crippen MR) is 67.1 cm³/mol. The van der Waals surface area contributed by atoms with E-state index in [1.807, 2.05) is 30.3 Å². The standard InChI is InChI=1S/C12H6BrClN2/c13-10-3-1-8(2-4-10)11-7-16-6-9(5-15)12(11)14/h1-4,6-7H. The zero-order valence-electron chi connectivity index (χ0n) is 8.11. The molecular weight excluding hydrogens is 288 g/mol. The van der Waals surface area contributed by atoms with E-state index < -0.39 is 0 Å². The van der Waals surface area contributed by atoms with Crippen LogP contribution in [0.1, 0.15) is 5.56 Å². The van der Waals surface area contributed by atoms with E-state index in [4.69, 9.17) is 16.9 Å². The van der Waals surface area contributed by atoms with Gasteiger partial charge in [0, 0.05) is 22.4 Å². The summed E-state index contributed by atoms with van der Waals surface area (Å²) < 4.78 is 0.997. The number of pyridine rings is 1. The SMILES string of the molecule is N#Cc1cncc(-c2ccc(Br)cc2)c1Cl. The summed E-state index contributed by atoms with van der Waals surface area (Å²) in [6, 6.07) is 9.71. The number of benzene rings is 1. The highest BCUT2D eigenvalue weighted by atomic mass is 79.9. The second kappa shape index (κ2) is 4.65. The first-order chi connectivity index (χ1) is 7.72. The molecule has 0 spiro atoms. The highest BCUT2D eigenvalue weighted by Crippen LogP contribution is 2.30.